The van der Waals surface area contributed by atoms with Crippen LogP contribution in [0.4, 0.5) is 0 Å². The van der Waals surface area contributed by atoms with Crippen LogP contribution in [0.15, 0.2) is 12.4 Å². The molecule has 0 aliphatic carbocycles. The Hall–Kier alpha value is -0.480. The van der Waals surface area contributed by atoms with Crippen LogP contribution >= 0.6 is 11.8 Å². The smallest absolute Gasteiger partial charge is 0.0521 e. The van der Waals surface area contributed by atoms with Crippen molar-refractivity contribution in [3.63, 3.8) is 0 Å². The van der Waals surface area contributed by atoms with Gasteiger partial charge in [0, 0.05) is 13.2 Å². The van der Waals surface area contributed by atoms with Crippen molar-refractivity contribution in [3.8, 4) is 0 Å². The second-order valence-corrected chi connectivity index (χ2v) is 5.32. The fourth-order valence-corrected chi connectivity index (χ4v) is 2.22. The molecule has 3 nitrogen and oxygen atoms in total. The van der Waals surface area contributed by atoms with Crippen LogP contribution in [-0.2, 0) is 13.5 Å². The zero-order valence-corrected chi connectivity index (χ0v) is 11.2. The highest BCUT2D eigenvalue weighted by Crippen LogP contribution is 2.01. The van der Waals surface area contributed by atoms with Gasteiger partial charge < -0.3 is 5.32 Å². The van der Waals surface area contributed by atoms with E-state index in [0.29, 0.717) is 0 Å². The SMILES string of the molecule is CCSCCCNCCCc1cnn(C)c1. The van der Waals surface area contributed by atoms with Gasteiger partial charge in [0.05, 0.1) is 6.20 Å². The number of rotatable bonds is 9. The Morgan fingerprint density at radius 3 is 2.88 bits per heavy atom. The molecule has 0 aromatic carbocycles. The molecule has 0 atom stereocenters. The zero-order chi connectivity index (χ0) is 11.6. The molecule has 0 fully saturated rings. The van der Waals surface area contributed by atoms with Gasteiger partial charge in [-0.1, -0.05) is 6.92 Å². The first kappa shape index (κ1) is 13.6. The highest BCUT2D eigenvalue weighted by molar-refractivity contribution is 7.99. The molecule has 16 heavy (non-hydrogen) atoms. The Balaban J connectivity index is 1.88. The van der Waals surface area contributed by atoms with Crippen molar-refractivity contribution in [1.29, 1.82) is 0 Å². The fourth-order valence-electron chi connectivity index (χ4n) is 1.59. The summed E-state index contributed by atoms with van der Waals surface area (Å²) in [6.45, 7) is 4.48. The zero-order valence-electron chi connectivity index (χ0n) is 10.4. The van der Waals surface area contributed by atoms with E-state index in [4.69, 9.17) is 0 Å². The molecule has 0 aliphatic heterocycles. The van der Waals surface area contributed by atoms with E-state index in [0.717, 1.165) is 19.5 Å². The molecule has 0 saturated heterocycles. The maximum absolute atomic E-state index is 4.16. The summed E-state index contributed by atoms with van der Waals surface area (Å²) >= 11 is 2.02. The third-order valence-corrected chi connectivity index (χ3v) is 3.41. The normalized spacial score (nSPS) is 10.9. The average Bonchev–Trinajstić information content (AvgIpc) is 2.68. The van der Waals surface area contributed by atoms with Gasteiger partial charge in [-0.25, -0.2) is 0 Å². The van der Waals surface area contributed by atoms with E-state index in [1.165, 1.54) is 29.9 Å². The van der Waals surface area contributed by atoms with Crippen molar-refractivity contribution in [3.05, 3.63) is 18.0 Å². The maximum atomic E-state index is 4.16. The van der Waals surface area contributed by atoms with E-state index in [1.54, 1.807) is 0 Å². The standard InChI is InChI=1S/C12H23N3S/c1-3-16-9-5-8-13-7-4-6-12-10-14-15(2)11-12/h10-11,13H,3-9H2,1-2H3. The number of nitrogens with one attached hydrogen (secondary N) is 1. The van der Waals surface area contributed by atoms with Crippen LogP contribution in [0.25, 0.3) is 0 Å². The molecule has 4 heteroatoms. The number of aromatic nitrogens is 2. The summed E-state index contributed by atoms with van der Waals surface area (Å²) in [5.41, 5.74) is 1.34. The van der Waals surface area contributed by atoms with Gasteiger partial charge in [-0.2, -0.15) is 16.9 Å². The Bertz CT molecular complexity index is 273. The number of hydrogen-bond acceptors (Lipinski definition) is 3. The van der Waals surface area contributed by atoms with Gasteiger partial charge >= 0.3 is 0 Å². The molecule has 0 spiro atoms. The second-order valence-electron chi connectivity index (χ2n) is 3.93. The molecule has 1 aromatic rings. The number of thioether (sulfide) groups is 1. The predicted molar refractivity (Wildman–Crippen MR) is 72.0 cm³/mol. The Labute approximate surface area is 103 Å². The van der Waals surface area contributed by atoms with Crippen LogP contribution in [0, 0.1) is 0 Å². The number of nitrogens with zero attached hydrogens (tertiary/aromatic N) is 2. The summed E-state index contributed by atoms with van der Waals surface area (Å²) in [6, 6.07) is 0. The third kappa shape index (κ3) is 6.18. The van der Waals surface area contributed by atoms with Crippen LogP contribution in [-0.4, -0.2) is 34.4 Å². The molecule has 0 amide bonds. The summed E-state index contributed by atoms with van der Waals surface area (Å²) in [4.78, 5) is 0. The van der Waals surface area contributed by atoms with E-state index in [2.05, 4.69) is 23.5 Å². The molecule has 0 radical (unpaired) electrons. The molecule has 1 aromatic heterocycles. The molecule has 92 valence electrons. The minimum Gasteiger partial charge on any atom is -0.317 e. The van der Waals surface area contributed by atoms with E-state index in [9.17, 15) is 0 Å². The first-order valence-electron chi connectivity index (χ1n) is 6.09. The van der Waals surface area contributed by atoms with Gasteiger partial charge in [0.2, 0.25) is 0 Å². The van der Waals surface area contributed by atoms with Gasteiger partial charge in [-0.15, -0.1) is 0 Å². The monoisotopic (exact) mass is 241 g/mol. The Morgan fingerprint density at radius 2 is 2.19 bits per heavy atom. The minimum atomic E-state index is 1.12. The minimum absolute atomic E-state index is 1.12. The van der Waals surface area contributed by atoms with Crippen molar-refractivity contribution in [1.82, 2.24) is 15.1 Å². The first-order chi connectivity index (χ1) is 7.83. The fraction of sp³-hybridized carbons (Fsp3) is 0.750. The number of hydrogen-bond donors (Lipinski definition) is 1. The molecular formula is C12H23N3S. The lowest BCUT2D eigenvalue weighted by molar-refractivity contribution is 0.642. The molecule has 0 aliphatic rings. The van der Waals surface area contributed by atoms with Crippen LogP contribution in [0.3, 0.4) is 0 Å². The molecule has 0 bridgehead atoms. The van der Waals surface area contributed by atoms with Crippen LogP contribution < -0.4 is 5.32 Å². The van der Waals surface area contributed by atoms with E-state index in [1.807, 2.05) is 29.7 Å². The topological polar surface area (TPSA) is 29.9 Å². The lowest BCUT2D eigenvalue weighted by Gasteiger charge is -2.03. The van der Waals surface area contributed by atoms with Crippen molar-refractivity contribution in [2.45, 2.75) is 26.2 Å². The highest BCUT2D eigenvalue weighted by atomic mass is 32.2. The molecular weight excluding hydrogens is 218 g/mol. The summed E-state index contributed by atoms with van der Waals surface area (Å²) in [7, 11) is 1.97. The van der Waals surface area contributed by atoms with E-state index < -0.39 is 0 Å². The van der Waals surface area contributed by atoms with Crippen LogP contribution in [0.5, 0.6) is 0 Å². The highest BCUT2D eigenvalue weighted by Gasteiger charge is 1.95. The summed E-state index contributed by atoms with van der Waals surface area (Å²) < 4.78 is 1.87. The summed E-state index contributed by atoms with van der Waals surface area (Å²) in [5.74, 6) is 2.52. The third-order valence-electron chi connectivity index (χ3n) is 2.42. The number of aryl methyl sites for hydroxylation is 2. The Morgan fingerprint density at radius 1 is 1.38 bits per heavy atom. The Kier molecular flexibility index (Phi) is 7.34. The van der Waals surface area contributed by atoms with Crippen LogP contribution in [0.1, 0.15) is 25.3 Å². The van der Waals surface area contributed by atoms with Gasteiger partial charge in [0.1, 0.15) is 0 Å². The van der Waals surface area contributed by atoms with Crippen molar-refractivity contribution >= 4 is 11.8 Å². The second kappa shape index (κ2) is 8.65. The van der Waals surface area contributed by atoms with Crippen molar-refractivity contribution in [2.24, 2.45) is 7.05 Å². The quantitative estimate of drug-likeness (QED) is 0.671. The van der Waals surface area contributed by atoms with Crippen LogP contribution in [0.2, 0.25) is 0 Å². The maximum Gasteiger partial charge on any atom is 0.0521 e. The van der Waals surface area contributed by atoms with Crippen molar-refractivity contribution < 1.29 is 0 Å². The molecule has 1 heterocycles. The van der Waals surface area contributed by atoms with Gasteiger partial charge in [0.15, 0.2) is 0 Å². The molecule has 0 saturated carbocycles. The molecule has 1 rings (SSSR count). The summed E-state index contributed by atoms with van der Waals surface area (Å²) in [5, 5.41) is 7.64. The molecule has 0 unspecified atom stereocenters. The largest absolute Gasteiger partial charge is 0.317 e. The lowest BCUT2D eigenvalue weighted by Crippen LogP contribution is -2.17. The van der Waals surface area contributed by atoms with Crippen molar-refractivity contribution in [2.75, 3.05) is 24.6 Å². The van der Waals surface area contributed by atoms with E-state index >= 15 is 0 Å². The lowest BCUT2D eigenvalue weighted by atomic mass is 10.2. The van der Waals surface area contributed by atoms with Gasteiger partial charge in [-0.3, -0.25) is 4.68 Å². The summed E-state index contributed by atoms with van der Waals surface area (Å²) in [6.07, 6.45) is 7.67. The first-order valence-corrected chi connectivity index (χ1v) is 7.24. The van der Waals surface area contributed by atoms with E-state index in [-0.39, 0.29) is 0 Å². The predicted octanol–water partition coefficient (Wildman–Crippen LogP) is 2.09. The molecule has 1 N–H and O–H groups in total. The van der Waals surface area contributed by atoms with Gasteiger partial charge in [-0.05, 0) is 49.4 Å². The average molecular weight is 241 g/mol. The van der Waals surface area contributed by atoms with Gasteiger partial charge in [0.25, 0.3) is 0 Å².